The van der Waals surface area contributed by atoms with Crippen LogP contribution in [0.15, 0.2) is 0 Å². The van der Waals surface area contributed by atoms with Crippen LogP contribution in [0, 0.1) is 17.8 Å². The number of aliphatic hydroxyl groups is 1. The molecule has 19 heavy (non-hydrogen) atoms. The summed E-state index contributed by atoms with van der Waals surface area (Å²) in [5.74, 6) is 3.17. The Hall–Kier alpha value is -0.120. The summed E-state index contributed by atoms with van der Waals surface area (Å²) >= 11 is 0. The molecule has 5 fully saturated rings. The first-order chi connectivity index (χ1) is 9.27. The molecule has 0 amide bonds. The molecule has 5 aliphatic rings. The van der Waals surface area contributed by atoms with Crippen molar-refractivity contribution >= 4 is 0 Å². The number of aliphatic hydroxyl groups excluding tert-OH is 1. The van der Waals surface area contributed by atoms with Crippen LogP contribution in [-0.2, 0) is 0 Å². The summed E-state index contributed by atoms with van der Waals surface area (Å²) in [5, 5.41) is 9.06. The zero-order valence-electron chi connectivity index (χ0n) is 12.1. The zero-order valence-corrected chi connectivity index (χ0v) is 12.1. The van der Waals surface area contributed by atoms with Crippen LogP contribution in [0.4, 0.5) is 0 Å². The molecule has 0 unspecified atom stereocenters. The van der Waals surface area contributed by atoms with E-state index in [9.17, 15) is 0 Å². The number of β-amino-alcohol motifs (C(OH)–C–C–N with tert-alkyl or cyclic N) is 1. The summed E-state index contributed by atoms with van der Waals surface area (Å²) in [6, 6.07) is 0. The SMILES string of the molecule is OCCN1CCN(C23CC4CC(CC(C4)C2)C3)CC1. The summed E-state index contributed by atoms with van der Waals surface area (Å²) < 4.78 is 0. The zero-order chi connectivity index (χ0) is 12.9. The third kappa shape index (κ3) is 2.14. The molecule has 1 heterocycles. The minimum Gasteiger partial charge on any atom is -0.395 e. The highest BCUT2D eigenvalue weighted by Crippen LogP contribution is 2.57. The monoisotopic (exact) mass is 264 g/mol. The fourth-order valence-corrected chi connectivity index (χ4v) is 6.04. The number of hydrogen-bond donors (Lipinski definition) is 1. The molecule has 1 saturated heterocycles. The molecule has 1 N–H and O–H groups in total. The molecule has 3 nitrogen and oxygen atoms in total. The Kier molecular flexibility index (Phi) is 3.13. The van der Waals surface area contributed by atoms with E-state index in [2.05, 4.69) is 9.80 Å². The highest BCUT2D eigenvalue weighted by molar-refractivity contribution is 5.08. The Morgan fingerprint density at radius 2 is 1.37 bits per heavy atom. The molecular weight excluding hydrogens is 236 g/mol. The Morgan fingerprint density at radius 3 is 1.84 bits per heavy atom. The summed E-state index contributed by atoms with van der Waals surface area (Å²) in [4.78, 5) is 5.28. The Balaban J connectivity index is 1.45. The second-order valence-electron chi connectivity index (χ2n) is 7.69. The standard InChI is InChI=1S/C16H28N2O/c19-6-5-17-1-3-18(4-2-17)16-10-13-7-14(11-16)9-15(8-13)12-16/h13-15,19H,1-12H2. The smallest absolute Gasteiger partial charge is 0.0558 e. The van der Waals surface area contributed by atoms with Gasteiger partial charge in [-0.05, 0) is 56.3 Å². The first-order valence-electron chi connectivity index (χ1n) is 8.36. The van der Waals surface area contributed by atoms with Crippen LogP contribution in [-0.4, -0.2) is 59.8 Å². The van der Waals surface area contributed by atoms with E-state index in [1.165, 1.54) is 45.4 Å². The van der Waals surface area contributed by atoms with Gasteiger partial charge in [0, 0.05) is 38.3 Å². The van der Waals surface area contributed by atoms with Crippen LogP contribution >= 0.6 is 0 Å². The van der Waals surface area contributed by atoms with Gasteiger partial charge in [-0.2, -0.15) is 0 Å². The Bertz CT molecular complexity index is 300. The van der Waals surface area contributed by atoms with E-state index in [4.69, 9.17) is 5.11 Å². The van der Waals surface area contributed by atoms with Crippen molar-refractivity contribution in [3.05, 3.63) is 0 Å². The molecule has 0 radical (unpaired) electrons. The summed E-state index contributed by atoms with van der Waals surface area (Å²) in [6.07, 6.45) is 9.13. The normalized spacial score (nSPS) is 46.9. The Labute approximate surface area is 117 Å². The highest BCUT2D eigenvalue weighted by atomic mass is 16.3. The lowest BCUT2D eigenvalue weighted by Crippen LogP contribution is -2.63. The summed E-state index contributed by atoms with van der Waals surface area (Å²) in [5.41, 5.74) is 0.597. The van der Waals surface area contributed by atoms with Crippen LogP contribution in [0.2, 0.25) is 0 Å². The van der Waals surface area contributed by atoms with Crippen molar-refractivity contribution in [2.45, 2.75) is 44.1 Å². The van der Waals surface area contributed by atoms with Gasteiger partial charge in [-0.15, -0.1) is 0 Å². The van der Waals surface area contributed by atoms with E-state index < -0.39 is 0 Å². The van der Waals surface area contributed by atoms with Gasteiger partial charge in [0.2, 0.25) is 0 Å². The largest absolute Gasteiger partial charge is 0.395 e. The maximum Gasteiger partial charge on any atom is 0.0558 e. The molecule has 1 aliphatic heterocycles. The van der Waals surface area contributed by atoms with Crippen LogP contribution < -0.4 is 0 Å². The quantitative estimate of drug-likeness (QED) is 0.838. The molecule has 108 valence electrons. The van der Waals surface area contributed by atoms with E-state index in [0.717, 1.165) is 24.3 Å². The molecule has 4 bridgehead atoms. The number of hydrogen-bond acceptors (Lipinski definition) is 3. The van der Waals surface area contributed by atoms with Gasteiger partial charge in [0.1, 0.15) is 0 Å². The molecular formula is C16H28N2O. The second-order valence-corrected chi connectivity index (χ2v) is 7.69. The Morgan fingerprint density at radius 1 is 0.842 bits per heavy atom. The van der Waals surface area contributed by atoms with Gasteiger partial charge in [0.25, 0.3) is 0 Å². The van der Waals surface area contributed by atoms with Gasteiger partial charge in [-0.25, -0.2) is 0 Å². The lowest BCUT2D eigenvalue weighted by atomic mass is 9.52. The van der Waals surface area contributed by atoms with Gasteiger partial charge in [-0.3, -0.25) is 9.80 Å². The molecule has 3 heteroatoms. The van der Waals surface area contributed by atoms with E-state index >= 15 is 0 Å². The van der Waals surface area contributed by atoms with Gasteiger partial charge in [-0.1, -0.05) is 0 Å². The molecule has 0 atom stereocenters. The van der Waals surface area contributed by atoms with Gasteiger partial charge >= 0.3 is 0 Å². The molecule has 4 saturated carbocycles. The molecule has 0 aromatic heterocycles. The van der Waals surface area contributed by atoms with E-state index in [1.54, 1.807) is 19.3 Å². The maximum atomic E-state index is 9.06. The first kappa shape index (κ1) is 12.6. The van der Waals surface area contributed by atoms with E-state index in [-0.39, 0.29) is 0 Å². The summed E-state index contributed by atoms with van der Waals surface area (Å²) in [6.45, 7) is 6.01. The first-order valence-corrected chi connectivity index (χ1v) is 8.36. The van der Waals surface area contributed by atoms with Crippen LogP contribution in [0.25, 0.3) is 0 Å². The van der Waals surface area contributed by atoms with Crippen LogP contribution in [0.3, 0.4) is 0 Å². The van der Waals surface area contributed by atoms with Crippen molar-refractivity contribution in [2.24, 2.45) is 17.8 Å². The number of rotatable bonds is 3. The molecule has 0 aromatic carbocycles. The van der Waals surface area contributed by atoms with E-state index in [1.807, 2.05) is 0 Å². The number of nitrogens with zero attached hydrogens (tertiary/aromatic N) is 2. The number of piperazine rings is 1. The lowest BCUT2D eigenvalue weighted by molar-refractivity contribution is -0.101. The predicted octanol–water partition coefficient (Wildman–Crippen LogP) is 1.57. The summed E-state index contributed by atoms with van der Waals surface area (Å²) in [7, 11) is 0. The van der Waals surface area contributed by atoms with Crippen molar-refractivity contribution < 1.29 is 5.11 Å². The van der Waals surface area contributed by atoms with Crippen LogP contribution in [0.5, 0.6) is 0 Å². The second kappa shape index (κ2) is 4.71. The van der Waals surface area contributed by atoms with Gasteiger partial charge in [0.05, 0.1) is 6.61 Å². The minimum atomic E-state index is 0.317. The van der Waals surface area contributed by atoms with Crippen molar-refractivity contribution in [2.75, 3.05) is 39.3 Å². The van der Waals surface area contributed by atoms with E-state index in [0.29, 0.717) is 12.1 Å². The van der Waals surface area contributed by atoms with Gasteiger partial charge < -0.3 is 5.11 Å². The van der Waals surface area contributed by atoms with Crippen molar-refractivity contribution in [3.8, 4) is 0 Å². The average Bonchev–Trinajstić information content (AvgIpc) is 2.38. The molecule has 5 rings (SSSR count). The lowest BCUT2D eigenvalue weighted by Gasteiger charge is -2.61. The topological polar surface area (TPSA) is 26.7 Å². The minimum absolute atomic E-state index is 0.317. The van der Waals surface area contributed by atoms with Crippen LogP contribution in [0.1, 0.15) is 38.5 Å². The van der Waals surface area contributed by atoms with Crippen molar-refractivity contribution in [1.82, 2.24) is 9.80 Å². The maximum absolute atomic E-state index is 9.06. The average molecular weight is 264 g/mol. The van der Waals surface area contributed by atoms with Crippen molar-refractivity contribution in [1.29, 1.82) is 0 Å². The molecule has 4 aliphatic carbocycles. The fraction of sp³-hybridized carbons (Fsp3) is 1.00. The molecule has 0 spiro atoms. The third-order valence-corrected chi connectivity index (χ3v) is 6.47. The molecule has 0 aromatic rings. The third-order valence-electron chi connectivity index (χ3n) is 6.47. The van der Waals surface area contributed by atoms with Crippen molar-refractivity contribution in [3.63, 3.8) is 0 Å². The predicted molar refractivity (Wildman–Crippen MR) is 76.0 cm³/mol. The fourth-order valence-electron chi connectivity index (χ4n) is 6.04. The highest BCUT2D eigenvalue weighted by Gasteiger charge is 2.53. The van der Waals surface area contributed by atoms with Gasteiger partial charge in [0.15, 0.2) is 0 Å².